The highest BCUT2D eigenvalue weighted by atomic mass is 35.5. The van der Waals surface area contributed by atoms with Gasteiger partial charge >= 0.3 is 0 Å². The largest absolute Gasteiger partial charge is 0.381 e. The van der Waals surface area contributed by atoms with Crippen LogP contribution in [0.3, 0.4) is 0 Å². The lowest BCUT2D eigenvalue weighted by molar-refractivity contribution is 0.0667. The Hall–Kier alpha value is -1.59. The molecule has 0 amide bonds. The first kappa shape index (κ1) is 14.0. The lowest BCUT2D eigenvalue weighted by Crippen LogP contribution is -2.21. The molecule has 2 fully saturated rings. The van der Waals surface area contributed by atoms with E-state index in [2.05, 4.69) is 21.0 Å². The Morgan fingerprint density at radius 2 is 2.00 bits per heavy atom. The molecule has 2 aromatic heterocycles. The normalized spacial score (nSPS) is 19.3. The van der Waals surface area contributed by atoms with Gasteiger partial charge in [-0.05, 0) is 37.8 Å². The molecule has 0 radical (unpaired) electrons. The average molecular weight is 319 g/mol. The summed E-state index contributed by atoms with van der Waals surface area (Å²) in [6, 6.07) is 6.34. The molecule has 0 unspecified atom stereocenters. The number of rotatable bonds is 4. The van der Waals surface area contributed by atoms with Crippen molar-refractivity contribution in [2.75, 3.05) is 18.5 Å². The number of hydrogen-bond donors (Lipinski definition) is 1. The molecule has 1 N–H and O–H groups in total. The summed E-state index contributed by atoms with van der Waals surface area (Å²) in [5, 5.41) is 8.80. The standard InChI is InChI=1S/C16H19ClN4O/c17-15-9-12(3-6-18-15)19-16-10-14(11-1-2-11)20-21(16)13-4-7-22-8-5-13/h3,6,9-11,13H,1-2,4-5,7-8H2,(H,18,19). The van der Waals surface area contributed by atoms with Gasteiger partial charge in [0.15, 0.2) is 0 Å². The maximum atomic E-state index is 5.98. The number of hydrogen-bond acceptors (Lipinski definition) is 4. The lowest BCUT2D eigenvalue weighted by atomic mass is 10.1. The van der Waals surface area contributed by atoms with Crippen LogP contribution in [0.2, 0.25) is 5.15 Å². The second-order valence-corrected chi connectivity index (χ2v) is 6.40. The number of anilines is 2. The van der Waals surface area contributed by atoms with Crippen LogP contribution in [0.25, 0.3) is 0 Å². The Morgan fingerprint density at radius 3 is 2.73 bits per heavy atom. The molecule has 22 heavy (non-hydrogen) atoms. The van der Waals surface area contributed by atoms with E-state index in [1.807, 2.05) is 12.1 Å². The van der Waals surface area contributed by atoms with Gasteiger partial charge in [0.25, 0.3) is 0 Å². The SMILES string of the molecule is Clc1cc(Nc2cc(C3CC3)nn2C2CCOCC2)ccn1. The summed E-state index contributed by atoms with van der Waals surface area (Å²) < 4.78 is 7.62. The zero-order valence-electron chi connectivity index (χ0n) is 12.3. The van der Waals surface area contributed by atoms with Crippen molar-refractivity contribution in [3.8, 4) is 0 Å². The van der Waals surface area contributed by atoms with Crippen LogP contribution >= 0.6 is 11.6 Å². The van der Waals surface area contributed by atoms with E-state index in [0.29, 0.717) is 17.1 Å². The number of ether oxygens (including phenoxy) is 1. The van der Waals surface area contributed by atoms with Crippen molar-refractivity contribution in [1.82, 2.24) is 14.8 Å². The summed E-state index contributed by atoms with van der Waals surface area (Å²) in [6.45, 7) is 1.62. The van der Waals surface area contributed by atoms with Gasteiger partial charge in [-0.1, -0.05) is 11.6 Å². The zero-order chi connectivity index (χ0) is 14.9. The third-order valence-corrected chi connectivity index (χ3v) is 4.49. The Bertz CT molecular complexity index is 662. The van der Waals surface area contributed by atoms with Crippen LogP contribution in [0, 0.1) is 0 Å². The van der Waals surface area contributed by atoms with Gasteiger partial charge in [-0.3, -0.25) is 0 Å². The van der Waals surface area contributed by atoms with Crippen molar-refractivity contribution in [1.29, 1.82) is 0 Å². The van der Waals surface area contributed by atoms with Crippen LogP contribution in [-0.4, -0.2) is 28.0 Å². The van der Waals surface area contributed by atoms with Gasteiger partial charge in [-0.25, -0.2) is 9.67 Å². The number of nitrogens with zero attached hydrogens (tertiary/aromatic N) is 3. The van der Waals surface area contributed by atoms with Gasteiger partial charge in [-0.2, -0.15) is 5.10 Å². The van der Waals surface area contributed by atoms with Gasteiger partial charge in [0.05, 0.1) is 11.7 Å². The topological polar surface area (TPSA) is 52.0 Å². The van der Waals surface area contributed by atoms with Crippen LogP contribution in [-0.2, 0) is 4.74 Å². The Balaban J connectivity index is 1.63. The highest BCUT2D eigenvalue weighted by molar-refractivity contribution is 6.29. The van der Waals surface area contributed by atoms with Gasteiger partial charge in [0, 0.05) is 37.1 Å². The molecule has 2 aromatic rings. The summed E-state index contributed by atoms with van der Waals surface area (Å²) in [6.07, 6.45) is 6.24. The number of pyridine rings is 1. The van der Waals surface area contributed by atoms with Gasteiger partial charge < -0.3 is 10.1 Å². The summed E-state index contributed by atoms with van der Waals surface area (Å²) in [7, 11) is 0. The van der Waals surface area contributed by atoms with Crippen molar-refractivity contribution in [2.24, 2.45) is 0 Å². The highest BCUT2D eigenvalue weighted by Gasteiger charge is 2.29. The van der Waals surface area contributed by atoms with E-state index < -0.39 is 0 Å². The highest BCUT2D eigenvalue weighted by Crippen LogP contribution is 2.41. The van der Waals surface area contributed by atoms with Crippen LogP contribution in [0.1, 0.15) is 43.3 Å². The molecular formula is C16H19ClN4O. The molecule has 5 nitrogen and oxygen atoms in total. The van der Waals surface area contributed by atoms with E-state index in [0.717, 1.165) is 37.6 Å². The third-order valence-electron chi connectivity index (χ3n) is 4.29. The smallest absolute Gasteiger partial charge is 0.131 e. The molecule has 2 aliphatic rings. The van der Waals surface area contributed by atoms with Crippen molar-refractivity contribution < 1.29 is 4.74 Å². The Kier molecular flexibility index (Phi) is 3.76. The molecule has 1 aliphatic carbocycles. The van der Waals surface area contributed by atoms with E-state index in [-0.39, 0.29) is 0 Å². The minimum atomic E-state index is 0.404. The van der Waals surface area contributed by atoms with Crippen molar-refractivity contribution in [3.63, 3.8) is 0 Å². The average Bonchev–Trinajstić information content (AvgIpc) is 3.30. The van der Waals surface area contributed by atoms with E-state index in [1.54, 1.807) is 6.20 Å². The fourth-order valence-electron chi connectivity index (χ4n) is 2.92. The van der Waals surface area contributed by atoms with E-state index in [1.165, 1.54) is 18.5 Å². The molecule has 1 aliphatic heterocycles. The Labute approximate surface area is 134 Å². The monoisotopic (exact) mass is 318 g/mol. The fraction of sp³-hybridized carbons (Fsp3) is 0.500. The van der Waals surface area contributed by atoms with Crippen LogP contribution < -0.4 is 5.32 Å². The first-order valence-corrected chi connectivity index (χ1v) is 8.23. The summed E-state index contributed by atoms with van der Waals surface area (Å²) in [5.41, 5.74) is 2.14. The maximum absolute atomic E-state index is 5.98. The molecule has 1 saturated carbocycles. The summed E-state index contributed by atoms with van der Waals surface area (Å²) in [5.74, 6) is 1.68. The van der Waals surface area contributed by atoms with Gasteiger partial charge in [-0.15, -0.1) is 0 Å². The number of halogens is 1. The molecule has 3 heterocycles. The van der Waals surface area contributed by atoms with E-state index >= 15 is 0 Å². The quantitative estimate of drug-likeness (QED) is 0.869. The van der Waals surface area contributed by atoms with Crippen molar-refractivity contribution >= 4 is 23.1 Å². The molecule has 0 bridgehead atoms. The predicted molar refractivity (Wildman–Crippen MR) is 85.8 cm³/mol. The minimum absolute atomic E-state index is 0.404. The minimum Gasteiger partial charge on any atom is -0.381 e. The van der Waals surface area contributed by atoms with Crippen LogP contribution in [0.5, 0.6) is 0 Å². The van der Waals surface area contributed by atoms with Gasteiger partial charge in [0.1, 0.15) is 11.0 Å². The molecule has 1 saturated heterocycles. The molecule has 6 heteroatoms. The maximum Gasteiger partial charge on any atom is 0.131 e. The number of nitrogens with one attached hydrogen (secondary N) is 1. The van der Waals surface area contributed by atoms with E-state index in [4.69, 9.17) is 21.4 Å². The van der Waals surface area contributed by atoms with Crippen LogP contribution in [0.15, 0.2) is 24.4 Å². The third kappa shape index (κ3) is 2.96. The molecule has 0 spiro atoms. The van der Waals surface area contributed by atoms with Gasteiger partial charge in [0.2, 0.25) is 0 Å². The lowest BCUT2D eigenvalue weighted by Gasteiger charge is -2.24. The zero-order valence-corrected chi connectivity index (χ0v) is 13.1. The Morgan fingerprint density at radius 1 is 1.18 bits per heavy atom. The molecule has 0 aromatic carbocycles. The summed E-state index contributed by atoms with van der Waals surface area (Å²) >= 11 is 5.98. The summed E-state index contributed by atoms with van der Waals surface area (Å²) in [4.78, 5) is 4.02. The van der Waals surface area contributed by atoms with E-state index in [9.17, 15) is 0 Å². The molecule has 116 valence electrons. The van der Waals surface area contributed by atoms with Crippen molar-refractivity contribution in [3.05, 3.63) is 35.2 Å². The second-order valence-electron chi connectivity index (χ2n) is 6.01. The first-order valence-electron chi connectivity index (χ1n) is 7.85. The molecule has 4 rings (SSSR count). The fourth-order valence-corrected chi connectivity index (χ4v) is 3.10. The second kappa shape index (κ2) is 5.89. The molecule has 0 atom stereocenters. The first-order chi connectivity index (χ1) is 10.8. The predicted octanol–water partition coefficient (Wildman–Crippen LogP) is 3.90. The van der Waals surface area contributed by atoms with Crippen LogP contribution in [0.4, 0.5) is 11.5 Å². The number of aromatic nitrogens is 3. The van der Waals surface area contributed by atoms with Crippen molar-refractivity contribution in [2.45, 2.75) is 37.6 Å². The molecular weight excluding hydrogens is 300 g/mol.